The molecule has 3 aromatic rings. The van der Waals surface area contributed by atoms with Gasteiger partial charge in [-0.1, -0.05) is 37.3 Å². The second-order valence-corrected chi connectivity index (χ2v) is 9.68. The van der Waals surface area contributed by atoms with E-state index in [1.165, 1.54) is 23.5 Å². The summed E-state index contributed by atoms with van der Waals surface area (Å²) in [4.78, 5) is 22.2. The Kier molecular flexibility index (Phi) is 4.62. The molecule has 1 aliphatic carbocycles. The fraction of sp³-hybridized carbons (Fsp3) is 0.261. The molecule has 158 valence electrons. The van der Waals surface area contributed by atoms with Gasteiger partial charge in [-0.05, 0) is 41.7 Å². The molecule has 0 spiro atoms. The third-order valence-electron chi connectivity index (χ3n) is 5.44. The number of para-hydroxylation sites is 1. The van der Waals surface area contributed by atoms with E-state index in [0.29, 0.717) is 35.1 Å². The van der Waals surface area contributed by atoms with E-state index in [4.69, 9.17) is 0 Å². The quantitative estimate of drug-likeness (QED) is 0.568. The third kappa shape index (κ3) is 3.83. The van der Waals surface area contributed by atoms with Gasteiger partial charge in [-0.15, -0.1) is 0 Å². The van der Waals surface area contributed by atoms with Gasteiger partial charge in [-0.3, -0.25) is 4.79 Å². The number of aromatic nitrogens is 1. The highest BCUT2D eigenvalue weighted by Crippen LogP contribution is 2.43. The first kappa shape index (κ1) is 19.8. The number of fused-ring (bicyclic) bond motifs is 1. The Bertz CT molecular complexity index is 1220. The molecule has 0 bridgehead atoms. The largest absolute Gasteiger partial charge is 0.329 e. The second-order valence-electron chi connectivity index (χ2n) is 8.65. The number of guanidine groups is 1. The highest BCUT2D eigenvalue weighted by Gasteiger charge is 2.39. The number of hydrogen-bond donors (Lipinski definition) is 2. The number of hydrogen-bond acceptors (Lipinski definition) is 6. The van der Waals surface area contributed by atoms with Crippen LogP contribution in [0, 0.1) is 17.0 Å². The third-order valence-corrected chi connectivity index (χ3v) is 6.39. The molecule has 0 saturated carbocycles. The number of thiazole rings is 1. The molecule has 2 N–H and O–H groups in total. The molecule has 2 heterocycles. The summed E-state index contributed by atoms with van der Waals surface area (Å²) >= 11 is 1.48. The summed E-state index contributed by atoms with van der Waals surface area (Å²) in [5, 5.41) is 7.07. The number of Topliss-reactive ketones (excluding diaryl/α,β-unsaturated/α-hetero) is 1. The summed E-state index contributed by atoms with van der Waals surface area (Å²) in [6, 6.07) is 10.3. The van der Waals surface area contributed by atoms with Gasteiger partial charge in [0.1, 0.15) is 17.7 Å². The number of rotatable bonds is 2. The Morgan fingerprint density at radius 1 is 1.13 bits per heavy atom. The SMILES string of the molecule is CC1(C)CC(=O)C2=C(C1)NC(Nc1nc3ccccc3s1)=NC2c1cc(F)cc(F)c1. The lowest BCUT2D eigenvalue weighted by molar-refractivity contribution is -0.118. The van der Waals surface area contributed by atoms with Gasteiger partial charge in [-0.25, -0.2) is 18.8 Å². The number of nitrogens with one attached hydrogen (secondary N) is 2. The Morgan fingerprint density at radius 3 is 2.61 bits per heavy atom. The van der Waals surface area contributed by atoms with Gasteiger partial charge in [0, 0.05) is 23.8 Å². The molecule has 0 radical (unpaired) electrons. The Balaban J connectivity index is 1.57. The number of allylic oxidation sites excluding steroid dienone is 1. The highest BCUT2D eigenvalue weighted by atomic mass is 32.1. The topological polar surface area (TPSA) is 66.4 Å². The van der Waals surface area contributed by atoms with Crippen LogP contribution in [0.25, 0.3) is 10.2 Å². The fourth-order valence-corrected chi connectivity index (χ4v) is 5.06. The van der Waals surface area contributed by atoms with Crippen molar-refractivity contribution in [2.75, 3.05) is 5.32 Å². The van der Waals surface area contributed by atoms with Gasteiger partial charge < -0.3 is 10.6 Å². The molecule has 2 aromatic carbocycles. The van der Waals surface area contributed by atoms with E-state index in [-0.39, 0.29) is 11.2 Å². The lowest BCUT2D eigenvalue weighted by atomic mass is 9.73. The molecule has 0 saturated heterocycles. The molecular weight excluding hydrogens is 418 g/mol. The van der Waals surface area contributed by atoms with E-state index in [1.807, 2.05) is 38.1 Å². The van der Waals surface area contributed by atoms with E-state index in [9.17, 15) is 13.6 Å². The van der Waals surface area contributed by atoms with Crippen molar-refractivity contribution >= 4 is 38.4 Å². The highest BCUT2D eigenvalue weighted by molar-refractivity contribution is 7.22. The maximum Gasteiger partial charge on any atom is 0.202 e. The van der Waals surface area contributed by atoms with Gasteiger partial charge in [0.15, 0.2) is 10.9 Å². The number of benzene rings is 2. The molecule has 31 heavy (non-hydrogen) atoms. The van der Waals surface area contributed by atoms with Crippen LogP contribution in [-0.4, -0.2) is 16.7 Å². The van der Waals surface area contributed by atoms with Crippen molar-refractivity contribution in [1.82, 2.24) is 10.3 Å². The summed E-state index contributed by atoms with van der Waals surface area (Å²) in [5.41, 5.74) is 2.15. The Hall–Kier alpha value is -3.13. The number of anilines is 1. The van der Waals surface area contributed by atoms with Crippen LogP contribution in [0.3, 0.4) is 0 Å². The predicted octanol–water partition coefficient (Wildman–Crippen LogP) is 5.33. The van der Waals surface area contributed by atoms with Crippen LogP contribution in [0.15, 0.2) is 58.7 Å². The molecule has 1 aromatic heterocycles. The number of nitrogens with zero attached hydrogens (tertiary/aromatic N) is 2. The van der Waals surface area contributed by atoms with E-state index >= 15 is 0 Å². The molecule has 8 heteroatoms. The van der Waals surface area contributed by atoms with Crippen LogP contribution in [0.5, 0.6) is 0 Å². The molecule has 1 unspecified atom stereocenters. The first-order chi connectivity index (χ1) is 14.8. The lowest BCUT2D eigenvalue weighted by Crippen LogP contribution is -2.41. The molecule has 1 atom stereocenters. The summed E-state index contributed by atoms with van der Waals surface area (Å²) in [7, 11) is 0. The zero-order valence-electron chi connectivity index (χ0n) is 17.0. The van der Waals surface area contributed by atoms with Gasteiger partial charge >= 0.3 is 0 Å². The van der Waals surface area contributed by atoms with E-state index < -0.39 is 17.7 Å². The van der Waals surface area contributed by atoms with Crippen molar-refractivity contribution in [3.63, 3.8) is 0 Å². The molecule has 2 aliphatic rings. The molecule has 0 fully saturated rings. The van der Waals surface area contributed by atoms with Crippen LogP contribution < -0.4 is 10.6 Å². The number of carbonyl (C=O) groups excluding carboxylic acids is 1. The average molecular weight is 439 g/mol. The van der Waals surface area contributed by atoms with Gasteiger partial charge in [0.05, 0.1) is 10.2 Å². The first-order valence-electron chi connectivity index (χ1n) is 9.97. The maximum absolute atomic E-state index is 14.0. The van der Waals surface area contributed by atoms with Gasteiger partial charge in [0.25, 0.3) is 0 Å². The van der Waals surface area contributed by atoms with Gasteiger partial charge in [-0.2, -0.15) is 0 Å². The van der Waals surface area contributed by atoms with Crippen LogP contribution in [0.2, 0.25) is 0 Å². The summed E-state index contributed by atoms with van der Waals surface area (Å²) < 4.78 is 28.9. The normalized spacial score (nSPS) is 20.3. The minimum atomic E-state index is -0.790. The monoisotopic (exact) mass is 438 g/mol. The van der Waals surface area contributed by atoms with Crippen molar-refractivity contribution in [1.29, 1.82) is 0 Å². The van der Waals surface area contributed by atoms with Crippen molar-refractivity contribution in [2.24, 2.45) is 10.4 Å². The van der Waals surface area contributed by atoms with Crippen LogP contribution in [0.4, 0.5) is 13.9 Å². The van der Waals surface area contributed by atoms with Crippen molar-refractivity contribution in [3.05, 3.63) is 70.9 Å². The summed E-state index contributed by atoms with van der Waals surface area (Å²) in [5.74, 6) is -1.06. The van der Waals surface area contributed by atoms with Crippen molar-refractivity contribution in [2.45, 2.75) is 32.7 Å². The average Bonchev–Trinajstić information content (AvgIpc) is 3.07. The molecule has 5 rings (SSSR count). The van der Waals surface area contributed by atoms with E-state index in [2.05, 4.69) is 20.6 Å². The standard InChI is InChI=1S/C23H20F2N4OS/c1-23(2)10-16-19(17(30)11-23)20(12-7-13(24)9-14(25)8-12)28-21(26-16)29-22-27-15-5-3-4-6-18(15)31-22/h3-9,20H,10-11H2,1-2H3,(H2,26,27,28,29). The Morgan fingerprint density at radius 2 is 1.87 bits per heavy atom. The fourth-order valence-electron chi connectivity index (χ4n) is 4.20. The van der Waals surface area contributed by atoms with Crippen molar-refractivity contribution in [3.8, 4) is 0 Å². The number of carbonyl (C=O) groups is 1. The van der Waals surface area contributed by atoms with Crippen LogP contribution in [0.1, 0.15) is 38.3 Å². The Labute approximate surface area is 181 Å². The minimum absolute atomic E-state index is 0.0591. The number of halogens is 2. The van der Waals surface area contributed by atoms with E-state index in [1.54, 1.807) is 0 Å². The van der Waals surface area contributed by atoms with Gasteiger partial charge in [0.2, 0.25) is 5.96 Å². The van der Waals surface area contributed by atoms with Crippen LogP contribution >= 0.6 is 11.3 Å². The molecule has 0 amide bonds. The minimum Gasteiger partial charge on any atom is -0.329 e. The molecule has 5 nitrogen and oxygen atoms in total. The smallest absolute Gasteiger partial charge is 0.202 e. The number of ketones is 1. The zero-order chi connectivity index (χ0) is 21.8. The van der Waals surface area contributed by atoms with E-state index in [0.717, 1.165) is 22.0 Å². The molecule has 1 aliphatic heterocycles. The maximum atomic E-state index is 14.0. The summed E-state index contributed by atoms with van der Waals surface area (Å²) in [6.45, 7) is 4.05. The zero-order valence-corrected chi connectivity index (χ0v) is 17.8. The van der Waals surface area contributed by atoms with Crippen molar-refractivity contribution < 1.29 is 13.6 Å². The predicted molar refractivity (Wildman–Crippen MR) is 118 cm³/mol. The van der Waals surface area contributed by atoms with Crippen LogP contribution in [-0.2, 0) is 4.79 Å². The first-order valence-corrected chi connectivity index (χ1v) is 10.8. The summed E-state index contributed by atoms with van der Waals surface area (Å²) in [6.07, 6.45) is 0.987. The second kappa shape index (κ2) is 7.23. The molecular formula is C23H20F2N4OS. The number of aliphatic imine (C=N–C) groups is 1. The lowest BCUT2D eigenvalue weighted by Gasteiger charge is -2.37.